The molecule has 98 valence electrons. The van der Waals surface area contributed by atoms with Crippen LogP contribution in [0.4, 0.5) is 0 Å². The number of hydrogen-bond donors (Lipinski definition) is 2. The Morgan fingerprint density at radius 2 is 2.00 bits per heavy atom. The van der Waals surface area contributed by atoms with Crippen molar-refractivity contribution >= 4 is 28.5 Å². The molecule has 1 heterocycles. The van der Waals surface area contributed by atoms with Gasteiger partial charge in [-0.15, -0.1) is 11.8 Å². The number of benzene rings is 1. The Kier molecular flexibility index (Phi) is 3.42. The standard InChI is InChI=1S/C15H17N3S/c16-15(17)12-9-18-13-8-4-3-7-11(13)14(12)19-10-5-1-2-6-10/h3-4,7-10H,1-2,5-6H2,(H3,16,17). The zero-order chi connectivity index (χ0) is 13.2. The fraction of sp³-hybridized carbons (Fsp3) is 0.333. The van der Waals surface area contributed by atoms with Crippen LogP contribution >= 0.6 is 11.8 Å². The lowest BCUT2D eigenvalue weighted by atomic mass is 10.1. The van der Waals surface area contributed by atoms with E-state index in [-0.39, 0.29) is 5.84 Å². The first-order chi connectivity index (χ1) is 9.25. The molecule has 1 fully saturated rings. The summed E-state index contributed by atoms with van der Waals surface area (Å²) < 4.78 is 0. The second kappa shape index (κ2) is 5.21. The number of hydrogen-bond acceptors (Lipinski definition) is 3. The van der Waals surface area contributed by atoms with Gasteiger partial charge in [0.25, 0.3) is 0 Å². The summed E-state index contributed by atoms with van der Waals surface area (Å²) in [7, 11) is 0. The SMILES string of the molecule is N=C(N)c1cnc2ccccc2c1SC1CCCC1. The number of nitrogens with one attached hydrogen (secondary N) is 1. The first-order valence-corrected chi connectivity index (χ1v) is 7.52. The third kappa shape index (κ3) is 2.45. The van der Waals surface area contributed by atoms with Gasteiger partial charge in [0.1, 0.15) is 5.84 Å². The topological polar surface area (TPSA) is 62.8 Å². The number of amidine groups is 1. The van der Waals surface area contributed by atoms with E-state index in [1.165, 1.54) is 25.7 Å². The second-order valence-electron chi connectivity index (χ2n) is 4.96. The minimum atomic E-state index is 0.110. The van der Waals surface area contributed by atoms with Crippen LogP contribution in [0.5, 0.6) is 0 Å². The average molecular weight is 271 g/mol. The fourth-order valence-electron chi connectivity index (χ4n) is 2.61. The normalized spacial score (nSPS) is 16.0. The van der Waals surface area contributed by atoms with Gasteiger partial charge >= 0.3 is 0 Å². The van der Waals surface area contributed by atoms with Crippen LogP contribution in [0.25, 0.3) is 10.9 Å². The zero-order valence-corrected chi connectivity index (χ0v) is 11.5. The summed E-state index contributed by atoms with van der Waals surface area (Å²) in [5, 5.41) is 9.52. The van der Waals surface area contributed by atoms with Crippen molar-refractivity contribution in [3.05, 3.63) is 36.0 Å². The molecule has 1 saturated carbocycles. The highest BCUT2D eigenvalue weighted by Gasteiger charge is 2.20. The predicted octanol–water partition coefficient (Wildman–Crippen LogP) is 3.55. The molecule has 0 spiro atoms. The van der Waals surface area contributed by atoms with Gasteiger partial charge in [-0.05, 0) is 18.9 Å². The van der Waals surface area contributed by atoms with Crippen molar-refractivity contribution < 1.29 is 0 Å². The molecule has 1 aliphatic rings. The average Bonchev–Trinajstić information content (AvgIpc) is 2.92. The quantitative estimate of drug-likeness (QED) is 0.663. The minimum Gasteiger partial charge on any atom is -0.384 e. The van der Waals surface area contributed by atoms with Crippen LogP contribution in [-0.4, -0.2) is 16.1 Å². The zero-order valence-electron chi connectivity index (χ0n) is 10.7. The summed E-state index contributed by atoms with van der Waals surface area (Å²) in [6, 6.07) is 8.10. The van der Waals surface area contributed by atoms with E-state index < -0.39 is 0 Å². The number of aromatic nitrogens is 1. The Labute approximate surface area is 117 Å². The molecule has 4 heteroatoms. The molecule has 3 nitrogen and oxygen atoms in total. The second-order valence-corrected chi connectivity index (χ2v) is 6.27. The Balaban J connectivity index is 2.10. The Morgan fingerprint density at radius 1 is 1.26 bits per heavy atom. The van der Waals surface area contributed by atoms with Gasteiger partial charge in [-0.1, -0.05) is 31.0 Å². The maximum absolute atomic E-state index is 7.75. The molecule has 0 atom stereocenters. The van der Waals surface area contributed by atoms with Gasteiger partial charge < -0.3 is 5.73 Å². The fourth-order valence-corrected chi connectivity index (χ4v) is 4.10. The van der Waals surface area contributed by atoms with Gasteiger partial charge in [-0.2, -0.15) is 0 Å². The number of nitrogens with two attached hydrogens (primary N) is 1. The van der Waals surface area contributed by atoms with Gasteiger partial charge in [0.2, 0.25) is 0 Å². The number of rotatable bonds is 3. The number of pyridine rings is 1. The molecular formula is C15H17N3S. The van der Waals surface area contributed by atoms with E-state index in [4.69, 9.17) is 11.1 Å². The summed E-state index contributed by atoms with van der Waals surface area (Å²) >= 11 is 1.87. The molecule has 3 N–H and O–H groups in total. The molecule has 19 heavy (non-hydrogen) atoms. The first-order valence-electron chi connectivity index (χ1n) is 6.64. The number of fused-ring (bicyclic) bond motifs is 1. The molecule has 2 aromatic rings. The number of nitrogens with zero attached hydrogens (tertiary/aromatic N) is 1. The van der Waals surface area contributed by atoms with Gasteiger partial charge in [-0.25, -0.2) is 0 Å². The van der Waals surface area contributed by atoms with Gasteiger partial charge in [0.05, 0.1) is 5.52 Å². The molecule has 0 radical (unpaired) electrons. The molecule has 0 saturated heterocycles. The van der Waals surface area contributed by atoms with Crippen molar-refractivity contribution in [2.45, 2.75) is 35.8 Å². The van der Waals surface area contributed by atoms with E-state index >= 15 is 0 Å². The lowest BCUT2D eigenvalue weighted by Crippen LogP contribution is -2.13. The van der Waals surface area contributed by atoms with Crippen LogP contribution in [-0.2, 0) is 0 Å². The van der Waals surface area contributed by atoms with E-state index in [2.05, 4.69) is 11.1 Å². The number of para-hydroxylation sites is 1. The largest absolute Gasteiger partial charge is 0.384 e. The monoisotopic (exact) mass is 271 g/mol. The van der Waals surface area contributed by atoms with E-state index in [1.54, 1.807) is 6.20 Å². The van der Waals surface area contributed by atoms with E-state index in [0.717, 1.165) is 21.4 Å². The van der Waals surface area contributed by atoms with Crippen LogP contribution in [0.15, 0.2) is 35.4 Å². The summed E-state index contributed by atoms with van der Waals surface area (Å²) in [6.07, 6.45) is 6.89. The summed E-state index contributed by atoms with van der Waals surface area (Å²) in [4.78, 5) is 5.53. The lowest BCUT2D eigenvalue weighted by molar-refractivity contribution is 0.886. The van der Waals surface area contributed by atoms with E-state index in [9.17, 15) is 0 Å². The van der Waals surface area contributed by atoms with Crippen LogP contribution in [0.1, 0.15) is 31.2 Å². The predicted molar refractivity (Wildman–Crippen MR) is 80.9 cm³/mol. The highest BCUT2D eigenvalue weighted by molar-refractivity contribution is 8.00. The third-order valence-electron chi connectivity index (χ3n) is 3.60. The molecule has 1 aromatic heterocycles. The highest BCUT2D eigenvalue weighted by atomic mass is 32.2. The molecule has 0 aliphatic heterocycles. The molecule has 0 bridgehead atoms. The number of thioether (sulfide) groups is 1. The molecule has 3 rings (SSSR count). The third-order valence-corrected chi connectivity index (χ3v) is 5.08. The van der Waals surface area contributed by atoms with E-state index in [0.29, 0.717) is 5.25 Å². The van der Waals surface area contributed by atoms with Crippen molar-refractivity contribution in [2.75, 3.05) is 0 Å². The van der Waals surface area contributed by atoms with Gasteiger partial charge in [-0.3, -0.25) is 10.4 Å². The Morgan fingerprint density at radius 3 is 2.74 bits per heavy atom. The summed E-state index contributed by atoms with van der Waals surface area (Å²) in [5.41, 5.74) is 7.46. The van der Waals surface area contributed by atoms with Crippen molar-refractivity contribution in [1.82, 2.24) is 4.98 Å². The van der Waals surface area contributed by atoms with Crippen LogP contribution < -0.4 is 5.73 Å². The van der Waals surface area contributed by atoms with Crippen molar-refractivity contribution in [3.63, 3.8) is 0 Å². The summed E-state index contributed by atoms with van der Waals surface area (Å²) in [6.45, 7) is 0. The molecule has 1 aromatic carbocycles. The minimum absolute atomic E-state index is 0.110. The van der Waals surface area contributed by atoms with Crippen LogP contribution in [0, 0.1) is 5.41 Å². The summed E-state index contributed by atoms with van der Waals surface area (Å²) in [5.74, 6) is 0.110. The maximum Gasteiger partial charge on any atom is 0.125 e. The van der Waals surface area contributed by atoms with Gasteiger partial charge in [0, 0.05) is 27.3 Å². The van der Waals surface area contributed by atoms with Crippen molar-refractivity contribution in [2.24, 2.45) is 5.73 Å². The lowest BCUT2D eigenvalue weighted by Gasteiger charge is -2.14. The van der Waals surface area contributed by atoms with Crippen LogP contribution in [0.3, 0.4) is 0 Å². The van der Waals surface area contributed by atoms with E-state index in [1.807, 2.05) is 30.0 Å². The Hall–Kier alpha value is -1.55. The molecule has 0 amide bonds. The molecular weight excluding hydrogens is 254 g/mol. The van der Waals surface area contributed by atoms with Crippen LogP contribution in [0.2, 0.25) is 0 Å². The highest BCUT2D eigenvalue weighted by Crippen LogP contribution is 2.39. The van der Waals surface area contributed by atoms with Crippen molar-refractivity contribution in [1.29, 1.82) is 5.41 Å². The first kappa shape index (κ1) is 12.5. The smallest absolute Gasteiger partial charge is 0.125 e. The molecule has 0 unspecified atom stereocenters. The molecule has 1 aliphatic carbocycles. The number of nitrogen functional groups attached to an aromatic ring is 1. The van der Waals surface area contributed by atoms with Crippen molar-refractivity contribution in [3.8, 4) is 0 Å². The Bertz CT molecular complexity index is 618. The van der Waals surface area contributed by atoms with Gasteiger partial charge in [0.15, 0.2) is 0 Å². The maximum atomic E-state index is 7.75.